The molecular weight excluding hydrogens is 454 g/mol. The second kappa shape index (κ2) is 9.05. The van der Waals surface area contributed by atoms with Gasteiger partial charge in [0, 0.05) is 40.9 Å². The van der Waals surface area contributed by atoms with E-state index in [2.05, 4.69) is 28.6 Å². The van der Waals surface area contributed by atoms with Crippen LogP contribution in [0, 0.1) is 24.4 Å². The fourth-order valence-corrected chi connectivity index (χ4v) is 4.33. The predicted octanol–water partition coefficient (Wildman–Crippen LogP) is 6.65. The Bertz CT molecular complexity index is 1310. The van der Waals surface area contributed by atoms with E-state index in [1.165, 1.54) is 18.2 Å². The molecule has 0 amide bonds. The van der Waals surface area contributed by atoms with Gasteiger partial charge in [0.25, 0.3) is 0 Å². The molecule has 0 aliphatic heterocycles. The van der Waals surface area contributed by atoms with E-state index in [0.29, 0.717) is 38.4 Å². The average Bonchev–Trinajstić information content (AvgIpc) is 2.77. The van der Waals surface area contributed by atoms with Crippen LogP contribution in [0.5, 0.6) is 0 Å². The zero-order valence-corrected chi connectivity index (χ0v) is 19.3. The highest BCUT2D eigenvalue weighted by molar-refractivity contribution is 7.63. The number of fused-ring (bicyclic) bond motifs is 1. The van der Waals surface area contributed by atoms with Crippen LogP contribution in [-0.4, -0.2) is 23.3 Å². The molecule has 1 N–H and O–H groups in total. The molecule has 0 aliphatic carbocycles. The molecule has 0 radical (unpaired) electrons. The minimum atomic E-state index is -0.922. The summed E-state index contributed by atoms with van der Waals surface area (Å²) in [5.74, 6) is -2.27. The van der Waals surface area contributed by atoms with Crippen molar-refractivity contribution < 1.29 is 13.2 Å². The maximum atomic E-state index is 15.0. The number of aryl methyl sites for hydroxylation is 1. The van der Waals surface area contributed by atoms with Crippen molar-refractivity contribution in [1.29, 1.82) is 0 Å². The smallest absolute Gasteiger partial charge is 0.163 e. The molecule has 0 saturated heterocycles. The standard InChI is InChI=1S/C24H20ClF3N3P/c1-13-22(25)24(30-12-15-5-4-6-18(26)23(15)28)17-9-16(19(27)10-20(17)31-13)14-7-8-21(29-11-14)32(2)3/h4-11H,12H2,1-3H3,(H,30,31). The van der Waals surface area contributed by atoms with Gasteiger partial charge in [-0.2, -0.15) is 0 Å². The van der Waals surface area contributed by atoms with Crippen molar-refractivity contribution in [3.05, 3.63) is 82.4 Å². The molecule has 0 fully saturated rings. The average molecular weight is 474 g/mol. The third-order valence-electron chi connectivity index (χ3n) is 5.18. The molecule has 0 bridgehead atoms. The van der Waals surface area contributed by atoms with Crippen molar-refractivity contribution in [3.8, 4) is 11.1 Å². The summed E-state index contributed by atoms with van der Waals surface area (Å²) in [5, 5.41) is 4.00. The van der Waals surface area contributed by atoms with Crippen LogP contribution in [0.15, 0.2) is 48.7 Å². The Balaban J connectivity index is 1.80. The lowest BCUT2D eigenvalue weighted by molar-refractivity contribution is 0.500. The van der Waals surface area contributed by atoms with Crippen molar-refractivity contribution in [2.75, 3.05) is 18.6 Å². The summed E-state index contributed by atoms with van der Waals surface area (Å²) in [6, 6.07) is 10.7. The molecule has 0 aliphatic rings. The number of halogens is 4. The summed E-state index contributed by atoms with van der Waals surface area (Å²) in [4.78, 5) is 8.85. The van der Waals surface area contributed by atoms with Gasteiger partial charge in [-0.15, -0.1) is 0 Å². The monoisotopic (exact) mass is 473 g/mol. The van der Waals surface area contributed by atoms with Gasteiger partial charge in [-0.3, -0.25) is 9.97 Å². The van der Waals surface area contributed by atoms with E-state index < -0.39 is 17.5 Å². The molecule has 2 aromatic heterocycles. The van der Waals surface area contributed by atoms with Crippen LogP contribution in [0.4, 0.5) is 18.9 Å². The Morgan fingerprint density at radius 3 is 2.50 bits per heavy atom. The summed E-state index contributed by atoms with van der Waals surface area (Å²) in [6.45, 7) is 5.91. The number of anilines is 1. The Hall–Kier alpha value is -2.69. The van der Waals surface area contributed by atoms with Crippen molar-refractivity contribution >= 4 is 41.5 Å². The third-order valence-corrected chi connectivity index (χ3v) is 6.83. The quantitative estimate of drug-likeness (QED) is 0.329. The van der Waals surface area contributed by atoms with E-state index in [1.807, 2.05) is 12.1 Å². The van der Waals surface area contributed by atoms with Gasteiger partial charge in [0.15, 0.2) is 11.6 Å². The van der Waals surface area contributed by atoms with Gasteiger partial charge in [0.05, 0.1) is 27.4 Å². The van der Waals surface area contributed by atoms with Gasteiger partial charge in [0.1, 0.15) is 5.82 Å². The van der Waals surface area contributed by atoms with Crippen molar-refractivity contribution in [1.82, 2.24) is 9.97 Å². The SMILES string of the molecule is Cc1nc2cc(F)c(-c3ccc(P(C)C)nc3)cc2c(NCc2cccc(F)c2F)c1Cl. The molecule has 0 saturated carbocycles. The lowest BCUT2D eigenvalue weighted by atomic mass is 10.0. The maximum Gasteiger partial charge on any atom is 0.163 e. The number of benzene rings is 2. The third kappa shape index (κ3) is 4.30. The first-order chi connectivity index (χ1) is 15.3. The van der Waals surface area contributed by atoms with Crippen LogP contribution in [0.1, 0.15) is 11.3 Å². The van der Waals surface area contributed by atoms with Crippen molar-refractivity contribution in [2.24, 2.45) is 0 Å². The zero-order chi connectivity index (χ0) is 23.0. The van der Waals surface area contributed by atoms with Crippen LogP contribution in [-0.2, 0) is 6.54 Å². The molecule has 0 unspecified atom stereocenters. The Kier molecular flexibility index (Phi) is 6.36. The molecule has 0 atom stereocenters. The molecule has 2 aromatic carbocycles. The number of hydrogen-bond acceptors (Lipinski definition) is 3. The second-order valence-electron chi connectivity index (χ2n) is 7.60. The Labute approximate surface area is 190 Å². The first-order valence-corrected chi connectivity index (χ1v) is 12.5. The summed E-state index contributed by atoms with van der Waals surface area (Å²) < 4.78 is 42.7. The number of pyridine rings is 2. The van der Waals surface area contributed by atoms with E-state index in [-0.39, 0.29) is 20.0 Å². The van der Waals surface area contributed by atoms with Gasteiger partial charge in [-0.25, -0.2) is 13.2 Å². The molecule has 0 spiro atoms. The molecule has 2 heterocycles. The summed E-state index contributed by atoms with van der Waals surface area (Å²) in [7, 11) is -0.358. The number of hydrogen-bond donors (Lipinski definition) is 1. The zero-order valence-electron chi connectivity index (χ0n) is 17.7. The van der Waals surface area contributed by atoms with E-state index in [0.717, 1.165) is 11.5 Å². The highest BCUT2D eigenvalue weighted by Gasteiger charge is 2.17. The van der Waals surface area contributed by atoms with Gasteiger partial charge >= 0.3 is 0 Å². The van der Waals surface area contributed by atoms with Crippen LogP contribution in [0.25, 0.3) is 22.0 Å². The summed E-state index contributed by atoms with van der Waals surface area (Å²) >= 11 is 6.51. The maximum absolute atomic E-state index is 15.0. The number of nitrogens with one attached hydrogen (secondary N) is 1. The number of rotatable bonds is 5. The molecule has 32 heavy (non-hydrogen) atoms. The molecule has 164 valence electrons. The van der Waals surface area contributed by atoms with E-state index in [9.17, 15) is 13.2 Å². The first-order valence-electron chi connectivity index (χ1n) is 9.86. The van der Waals surface area contributed by atoms with Gasteiger partial charge in [-0.1, -0.05) is 37.7 Å². The van der Waals surface area contributed by atoms with E-state index in [1.54, 1.807) is 19.2 Å². The number of aromatic nitrogens is 2. The normalized spacial score (nSPS) is 11.4. The topological polar surface area (TPSA) is 37.8 Å². The largest absolute Gasteiger partial charge is 0.379 e. The van der Waals surface area contributed by atoms with Crippen molar-refractivity contribution in [2.45, 2.75) is 13.5 Å². The van der Waals surface area contributed by atoms with Crippen LogP contribution in [0.3, 0.4) is 0 Å². The minimum Gasteiger partial charge on any atom is -0.379 e. The highest BCUT2D eigenvalue weighted by atomic mass is 35.5. The van der Waals surface area contributed by atoms with Gasteiger partial charge in [-0.05, 0) is 38.5 Å². The second-order valence-corrected chi connectivity index (χ2v) is 10.2. The molecule has 8 heteroatoms. The fraction of sp³-hybridized carbons (Fsp3) is 0.167. The van der Waals surface area contributed by atoms with Crippen molar-refractivity contribution in [3.63, 3.8) is 0 Å². The van der Waals surface area contributed by atoms with Gasteiger partial charge in [0.2, 0.25) is 0 Å². The Morgan fingerprint density at radius 1 is 1.03 bits per heavy atom. The van der Waals surface area contributed by atoms with Crippen LogP contribution in [0.2, 0.25) is 5.02 Å². The van der Waals surface area contributed by atoms with E-state index >= 15 is 0 Å². The lowest BCUT2D eigenvalue weighted by Crippen LogP contribution is -2.06. The highest BCUT2D eigenvalue weighted by Crippen LogP contribution is 2.36. The van der Waals surface area contributed by atoms with Crippen LogP contribution < -0.4 is 10.8 Å². The van der Waals surface area contributed by atoms with E-state index in [4.69, 9.17) is 11.6 Å². The number of nitrogens with zero attached hydrogens (tertiary/aromatic N) is 2. The summed E-state index contributed by atoms with van der Waals surface area (Å²) in [6.07, 6.45) is 1.65. The summed E-state index contributed by atoms with van der Waals surface area (Å²) in [5.41, 5.74) is 3.50. The molecule has 4 rings (SSSR count). The molecule has 3 nitrogen and oxygen atoms in total. The first kappa shape index (κ1) is 22.5. The Morgan fingerprint density at radius 2 is 1.81 bits per heavy atom. The van der Waals surface area contributed by atoms with Gasteiger partial charge < -0.3 is 5.32 Å². The fourth-order valence-electron chi connectivity index (χ4n) is 3.46. The molecule has 4 aromatic rings. The lowest BCUT2D eigenvalue weighted by Gasteiger charge is -2.16. The molecular formula is C24H20ClF3N3P. The van der Waals surface area contributed by atoms with Crippen LogP contribution >= 0.6 is 19.5 Å². The minimum absolute atomic E-state index is 0.00137. The predicted molar refractivity (Wildman–Crippen MR) is 127 cm³/mol.